The highest BCUT2D eigenvalue weighted by molar-refractivity contribution is 5.94. The van der Waals surface area contributed by atoms with Crippen LogP contribution in [0.5, 0.6) is 0 Å². The summed E-state index contributed by atoms with van der Waals surface area (Å²) < 4.78 is 13.9. The van der Waals surface area contributed by atoms with Gasteiger partial charge < -0.3 is 10.0 Å². The third-order valence-corrected chi connectivity index (χ3v) is 4.59. The molecule has 0 aliphatic carbocycles. The zero-order valence-electron chi connectivity index (χ0n) is 14.5. The van der Waals surface area contributed by atoms with Crippen molar-refractivity contribution in [3.05, 3.63) is 46.8 Å². The number of rotatable bonds is 4. The molecule has 1 atom stereocenters. The van der Waals surface area contributed by atoms with Crippen LogP contribution < -0.4 is 0 Å². The minimum atomic E-state index is -0.566. The highest BCUT2D eigenvalue weighted by Gasteiger charge is 2.31. The second-order valence-electron chi connectivity index (χ2n) is 6.71. The number of aromatic nitrogens is 3. The topological polar surface area (TPSA) is 82.1 Å². The van der Waals surface area contributed by atoms with Gasteiger partial charge in [0, 0.05) is 23.6 Å². The maximum atomic E-state index is 13.9. The van der Waals surface area contributed by atoms with Crippen molar-refractivity contribution >= 4 is 5.91 Å². The number of halogens is 1. The maximum Gasteiger partial charge on any atom is 0.254 e. The molecular weight excluding hydrogens is 323 g/mol. The summed E-state index contributed by atoms with van der Waals surface area (Å²) in [6.07, 6.45) is 2.71. The minimum Gasteiger partial charge on any atom is -0.392 e. The molecule has 2 N–H and O–H groups in total. The number of hydrogen-bond acceptors (Lipinski definition) is 4. The summed E-state index contributed by atoms with van der Waals surface area (Å²) in [7, 11) is 0. The van der Waals surface area contributed by atoms with Gasteiger partial charge in [-0.1, -0.05) is 19.9 Å². The number of hydrogen-bond donors (Lipinski definition) is 2. The molecule has 1 aromatic heterocycles. The first-order chi connectivity index (χ1) is 12.0. The monoisotopic (exact) mass is 346 g/mol. The van der Waals surface area contributed by atoms with Crippen molar-refractivity contribution in [1.29, 1.82) is 0 Å². The van der Waals surface area contributed by atoms with E-state index in [1.54, 1.807) is 11.0 Å². The van der Waals surface area contributed by atoms with Crippen molar-refractivity contribution in [1.82, 2.24) is 20.1 Å². The minimum absolute atomic E-state index is 0.179. The van der Waals surface area contributed by atoms with Gasteiger partial charge >= 0.3 is 0 Å². The Morgan fingerprint density at radius 3 is 2.88 bits per heavy atom. The largest absolute Gasteiger partial charge is 0.392 e. The number of piperidine rings is 1. The SMILES string of the molecule is CC(C)c1n[nH]c([C@H]2CCCCN2C(=O)c2ccc(CO)c(F)c2)n1. The van der Waals surface area contributed by atoms with Gasteiger partial charge in [-0.05, 0) is 31.4 Å². The maximum absolute atomic E-state index is 13.9. The first kappa shape index (κ1) is 17.5. The van der Waals surface area contributed by atoms with Gasteiger partial charge in [-0.15, -0.1) is 0 Å². The summed E-state index contributed by atoms with van der Waals surface area (Å²) in [6, 6.07) is 4.02. The molecule has 2 aromatic rings. The lowest BCUT2D eigenvalue weighted by molar-refractivity contribution is 0.0599. The van der Waals surface area contributed by atoms with E-state index in [-0.39, 0.29) is 35.6 Å². The van der Waals surface area contributed by atoms with Crippen molar-refractivity contribution in [2.75, 3.05) is 6.54 Å². The van der Waals surface area contributed by atoms with Gasteiger partial charge in [-0.2, -0.15) is 5.10 Å². The second kappa shape index (κ2) is 7.31. The van der Waals surface area contributed by atoms with Gasteiger partial charge in [-0.3, -0.25) is 9.89 Å². The summed E-state index contributed by atoms with van der Waals surface area (Å²) in [5.41, 5.74) is 0.466. The molecule has 7 heteroatoms. The van der Waals surface area contributed by atoms with E-state index in [1.165, 1.54) is 12.1 Å². The van der Waals surface area contributed by atoms with E-state index in [4.69, 9.17) is 5.11 Å². The molecule has 1 aliphatic rings. The Bertz CT molecular complexity index is 759. The predicted molar refractivity (Wildman–Crippen MR) is 90.4 cm³/mol. The molecule has 1 fully saturated rings. The highest BCUT2D eigenvalue weighted by Crippen LogP contribution is 2.31. The van der Waals surface area contributed by atoms with Crippen LogP contribution in [0.4, 0.5) is 4.39 Å². The zero-order valence-corrected chi connectivity index (χ0v) is 14.5. The lowest BCUT2D eigenvalue weighted by atomic mass is 9.99. The van der Waals surface area contributed by atoms with Crippen molar-refractivity contribution in [2.45, 2.75) is 51.7 Å². The van der Waals surface area contributed by atoms with E-state index in [0.29, 0.717) is 12.4 Å². The van der Waals surface area contributed by atoms with E-state index < -0.39 is 5.82 Å². The van der Waals surface area contributed by atoms with Gasteiger partial charge in [-0.25, -0.2) is 9.37 Å². The number of aliphatic hydroxyl groups excluding tert-OH is 1. The molecule has 0 saturated carbocycles. The molecule has 1 aliphatic heterocycles. The fourth-order valence-electron chi connectivity index (χ4n) is 3.13. The Morgan fingerprint density at radius 1 is 1.44 bits per heavy atom. The number of carbonyl (C=O) groups excluding carboxylic acids is 1. The quantitative estimate of drug-likeness (QED) is 0.892. The summed E-state index contributed by atoms with van der Waals surface area (Å²) in [5, 5.41) is 16.3. The molecule has 0 spiro atoms. The molecule has 1 saturated heterocycles. The molecular formula is C18H23FN4O2. The van der Waals surface area contributed by atoms with Crippen LogP contribution in [-0.4, -0.2) is 37.6 Å². The van der Waals surface area contributed by atoms with Crippen molar-refractivity contribution in [2.24, 2.45) is 0 Å². The third-order valence-electron chi connectivity index (χ3n) is 4.59. The molecule has 6 nitrogen and oxygen atoms in total. The van der Waals surface area contributed by atoms with Crippen LogP contribution in [0.3, 0.4) is 0 Å². The van der Waals surface area contributed by atoms with Gasteiger partial charge in [0.05, 0.1) is 12.6 Å². The standard InChI is InChI=1S/C18H23FN4O2/c1-11(2)16-20-17(22-21-16)15-5-3-4-8-23(15)18(25)12-6-7-13(10-24)14(19)9-12/h6-7,9,11,15,24H,3-5,8,10H2,1-2H3,(H,20,21,22)/t15-/m1/s1. The number of likely N-dealkylation sites (tertiary alicyclic amines) is 1. The average Bonchev–Trinajstić information content (AvgIpc) is 3.11. The van der Waals surface area contributed by atoms with Gasteiger partial charge in [0.25, 0.3) is 5.91 Å². The van der Waals surface area contributed by atoms with E-state index in [2.05, 4.69) is 15.2 Å². The summed E-state index contributed by atoms with van der Waals surface area (Å²) in [6.45, 7) is 4.25. The number of nitrogens with one attached hydrogen (secondary N) is 1. The third kappa shape index (κ3) is 3.56. The Balaban J connectivity index is 1.87. The first-order valence-corrected chi connectivity index (χ1v) is 8.63. The summed E-state index contributed by atoms with van der Waals surface area (Å²) in [5.74, 6) is 0.827. The van der Waals surface area contributed by atoms with E-state index >= 15 is 0 Å². The highest BCUT2D eigenvalue weighted by atomic mass is 19.1. The van der Waals surface area contributed by atoms with Crippen LogP contribution in [0, 0.1) is 5.82 Å². The number of aliphatic hydroxyl groups is 1. The van der Waals surface area contributed by atoms with Crippen LogP contribution in [0.25, 0.3) is 0 Å². The van der Waals surface area contributed by atoms with E-state index in [0.717, 1.165) is 25.1 Å². The Kier molecular flexibility index (Phi) is 5.13. The van der Waals surface area contributed by atoms with Gasteiger partial charge in [0.2, 0.25) is 0 Å². The smallest absolute Gasteiger partial charge is 0.254 e. The van der Waals surface area contributed by atoms with Crippen LogP contribution in [0.2, 0.25) is 0 Å². The van der Waals surface area contributed by atoms with Gasteiger partial charge in [0.15, 0.2) is 5.82 Å². The number of amides is 1. The van der Waals surface area contributed by atoms with Crippen LogP contribution in [0.15, 0.2) is 18.2 Å². The Labute approximate surface area is 146 Å². The van der Waals surface area contributed by atoms with E-state index in [9.17, 15) is 9.18 Å². The number of nitrogens with zero attached hydrogens (tertiary/aromatic N) is 3. The van der Waals surface area contributed by atoms with Gasteiger partial charge in [0.1, 0.15) is 11.6 Å². The lowest BCUT2D eigenvalue weighted by Gasteiger charge is -2.34. The van der Waals surface area contributed by atoms with Crippen molar-refractivity contribution in [3.63, 3.8) is 0 Å². The molecule has 2 heterocycles. The van der Waals surface area contributed by atoms with Crippen LogP contribution in [-0.2, 0) is 6.61 Å². The Hall–Kier alpha value is -2.28. The molecule has 0 unspecified atom stereocenters. The number of carbonyl (C=O) groups is 1. The first-order valence-electron chi connectivity index (χ1n) is 8.63. The molecule has 1 aromatic carbocycles. The molecule has 0 bridgehead atoms. The van der Waals surface area contributed by atoms with Crippen LogP contribution in [0.1, 0.15) is 72.6 Å². The predicted octanol–water partition coefficient (Wildman–Crippen LogP) is 2.93. The van der Waals surface area contributed by atoms with Crippen molar-refractivity contribution in [3.8, 4) is 0 Å². The second-order valence-corrected chi connectivity index (χ2v) is 6.71. The lowest BCUT2D eigenvalue weighted by Crippen LogP contribution is -2.39. The normalized spacial score (nSPS) is 18.0. The fraction of sp³-hybridized carbons (Fsp3) is 0.500. The summed E-state index contributed by atoms with van der Waals surface area (Å²) >= 11 is 0. The van der Waals surface area contributed by atoms with Crippen LogP contribution >= 0.6 is 0 Å². The zero-order chi connectivity index (χ0) is 18.0. The molecule has 134 valence electrons. The number of benzene rings is 1. The number of aromatic amines is 1. The summed E-state index contributed by atoms with van der Waals surface area (Å²) in [4.78, 5) is 19.2. The molecule has 3 rings (SSSR count). The van der Waals surface area contributed by atoms with E-state index in [1.807, 2.05) is 13.8 Å². The van der Waals surface area contributed by atoms with Crippen molar-refractivity contribution < 1.29 is 14.3 Å². The molecule has 1 amide bonds. The molecule has 0 radical (unpaired) electrons. The number of H-pyrrole nitrogens is 1. The molecule has 25 heavy (non-hydrogen) atoms. The Morgan fingerprint density at radius 2 is 2.24 bits per heavy atom. The fourth-order valence-corrected chi connectivity index (χ4v) is 3.13. The average molecular weight is 346 g/mol.